The molecule has 0 saturated heterocycles. The van der Waals surface area contributed by atoms with E-state index in [4.69, 9.17) is 5.11 Å². The molecule has 0 saturated carbocycles. The molecule has 0 fully saturated rings. The smallest absolute Gasteiger partial charge is 0.352 e. The molecular formula is C10H14N2O4S. The molecule has 1 heterocycles. The van der Waals surface area contributed by atoms with Gasteiger partial charge in [0.2, 0.25) is 0 Å². The van der Waals surface area contributed by atoms with Crippen LogP contribution in [-0.4, -0.2) is 32.1 Å². The van der Waals surface area contributed by atoms with Crippen LogP contribution in [0.4, 0.5) is 5.69 Å². The van der Waals surface area contributed by atoms with Gasteiger partial charge in [-0.1, -0.05) is 6.92 Å². The third-order valence-electron chi connectivity index (χ3n) is 2.20. The quantitative estimate of drug-likeness (QED) is 0.460. The number of thioether (sulfide) groups is 1. The predicted molar refractivity (Wildman–Crippen MR) is 65.7 cm³/mol. The van der Waals surface area contributed by atoms with Crippen molar-refractivity contribution in [2.75, 3.05) is 11.5 Å². The molecule has 6 nitrogen and oxygen atoms in total. The first-order chi connectivity index (χ1) is 8.06. The van der Waals surface area contributed by atoms with E-state index in [0.29, 0.717) is 6.54 Å². The molecule has 0 atom stereocenters. The molecule has 94 valence electrons. The van der Waals surface area contributed by atoms with Gasteiger partial charge in [-0.3, -0.25) is 10.1 Å². The molecular weight excluding hydrogens is 244 g/mol. The summed E-state index contributed by atoms with van der Waals surface area (Å²) in [5.41, 5.74) is -0.205. The summed E-state index contributed by atoms with van der Waals surface area (Å²) in [6.07, 6.45) is 2.07. The van der Waals surface area contributed by atoms with E-state index < -0.39 is 10.9 Å². The van der Waals surface area contributed by atoms with Gasteiger partial charge in [0.1, 0.15) is 5.69 Å². The zero-order valence-corrected chi connectivity index (χ0v) is 10.3. The molecule has 0 aliphatic carbocycles. The number of nitrogens with zero attached hydrogens (tertiary/aromatic N) is 2. The second-order valence-corrected chi connectivity index (χ2v) is 4.78. The Kier molecular flexibility index (Phi) is 5.02. The largest absolute Gasteiger partial charge is 0.477 e. The van der Waals surface area contributed by atoms with Crippen LogP contribution in [0.5, 0.6) is 0 Å². The number of nitro groups is 1. The van der Waals surface area contributed by atoms with Crippen molar-refractivity contribution in [2.45, 2.75) is 19.9 Å². The van der Waals surface area contributed by atoms with Crippen molar-refractivity contribution < 1.29 is 14.8 Å². The minimum atomic E-state index is -1.14. The lowest BCUT2D eigenvalue weighted by Gasteiger charge is -2.04. The highest BCUT2D eigenvalue weighted by atomic mass is 32.2. The van der Waals surface area contributed by atoms with Crippen LogP contribution in [0.15, 0.2) is 12.3 Å². The van der Waals surface area contributed by atoms with Crippen molar-refractivity contribution in [3.63, 3.8) is 0 Å². The van der Waals surface area contributed by atoms with Gasteiger partial charge < -0.3 is 9.67 Å². The fraction of sp³-hybridized carbons (Fsp3) is 0.500. The van der Waals surface area contributed by atoms with E-state index in [0.717, 1.165) is 24.0 Å². The fourth-order valence-electron chi connectivity index (χ4n) is 1.44. The summed E-state index contributed by atoms with van der Waals surface area (Å²) in [4.78, 5) is 20.9. The van der Waals surface area contributed by atoms with Crippen LogP contribution >= 0.6 is 11.8 Å². The standard InChI is InChI=1S/C10H14N2O4S/c1-2-17-5-3-4-11-7-8(12(15)16)6-9(11)10(13)14/h6-7H,2-5H2,1H3,(H,13,14). The minimum Gasteiger partial charge on any atom is -0.477 e. The van der Waals surface area contributed by atoms with Gasteiger partial charge in [0, 0.05) is 12.6 Å². The van der Waals surface area contributed by atoms with E-state index in [9.17, 15) is 14.9 Å². The summed E-state index contributed by atoms with van der Waals surface area (Å²) >= 11 is 1.76. The number of aromatic carboxylic acids is 1. The zero-order chi connectivity index (χ0) is 12.8. The molecule has 0 unspecified atom stereocenters. The predicted octanol–water partition coefficient (Wildman–Crippen LogP) is 2.24. The molecule has 7 heteroatoms. The number of rotatable bonds is 7. The summed E-state index contributed by atoms with van der Waals surface area (Å²) < 4.78 is 1.43. The highest BCUT2D eigenvalue weighted by Crippen LogP contribution is 2.17. The van der Waals surface area contributed by atoms with Crippen LogP contribution in [0.2, 0.25) is 0 Å². The number of carboxylic acids is 1. The van der Waals surface area contributed by atoms with E-state index in [2.05, 4.69) is 0 Å². The summed E-state index contributed by atoms with van der Waals surface area (Å²) in [6, 6.07) is 1.09. The maximum absolute atomic E-state index is 10.9. The second kappa shape index (κ2) is 6.29. The minimum absolute atomic E-state index is 0.0294. The summed E-state index contributed by atoms with van der Waals surface area (Å²) in [5.74, 6) is 0.792. The van der Waals surface area contributed by atoms with Gasteiger partial charge in [-0.05, 0) is 17.9 Å². The van der Waals surface area contributed by atoms with Crippen LogP contribution < -0.4 is 0 Å². The maximum atomic E-state index is 10.9. The van der Waals surface area contributed by atoms with Crippen molar-refractivity contribution in [3.8, 4) is 0 Å². The first-order valence-corrected chi connectivity index (χ1v) is 6.37. The average Bonchev–Trinajstić information content (AvgIpc) is 2.68. The van der Waals surface area contributed by atoms with Crippen molar-refractivity contribution in [3.05, 3.63) is 28.1 Å². The monoisotopic (exact) mass is 258 g/mol. The molecule has 0 radical (unpaired) electrons. The van der Waals surface area contributed by atoms with Crippen molar-refractivity contribution >= 4 is 23.4 Å². The molecule has 0 aliphatic heterocycles. The van der Waals surface area contributed by atoms with Crippen molar-refractivity contribution in [1.82, 2.24) is 4.57 Å². The fourth-order valence-corrected chi connectivity index (χ4v) is 2.06. The molecule has 0 bridgehead atoms. The first kappa shape index (κ1) is 13.6. The number of carboxylic acid groups (broad SMARTS) is 1. The summed E-state index contributed by atoms with van der Waals surface area (Å²) in [6.45, 7) is 2.54. The Balaban J connectivity index is 2.74. The topological polar surface area (TPSA) is 85.4 Å². The van der Waals surface area contributed by atoms with Gasteiger partial charge >= 0.3 is 5.97 Å². The summed E-state index contributed by atoms with van der Waals surface area (Å²) in [5, 5.41) is 19.5. The Hall–Kier alpha value is -1.50. The Morgan fingerprint density at radius 2 is 2.35 bits per heavy atom. The lowest BCUT2D eigenvalue weighted by molar-refractivity contribution is -0.384. The van der Waals surface area contributed by atoms with Crippen LogP contribution in [0.3, 0.4) is 0 Å². The highest BCUT2D eigenvalue weighted by Gasteiger charge is 2.18. The lowest BCUT2D eigenvalue weighted by atomic mass is 10.4. The normalized spacial score (nSPS) is 10.4. The Morgan fingerprint density at radius 3 is 2.88 bits per heavy atom. The van der Waals surface area contributed by atoms with Crippen LogP contribution in [-0.2, 0) is 6.54 Å². The Bertz CT molecular complexity index is 416. The number of hydrogen-bond donors (Lipinski definition) is 1. The van der Waals surface area contributed by atoms with Gasteiger partial charge in [0.15, 0.2) is 0 Å². The van der Waals surface area contributed by atoms with Gasteiger partial charge in [-0.25, -0.2) is 4.79 Å². The van der Waals surface area contributed by atoms with E-state index in [1.54, 1.807) is 11.8 Å². The second-order valence-electron chi connectivity index (χ2n) is 3.39. The molecule has 1 aromatic heterocycles. The maximum Gasteiger partial charge on any atom is 0.352 e. The van der Waals surface area contributed by atoms with E-state index >= 15 is 0 Å². The Morgan fingerprint density at radius 1 is 1.65 bits per heavy atom. The molecule has 1 rings (SSSR count). The number of carbonyl (C=O) groups is 1. The number of aryl methyl sites for hydroxylation is 1. The van der Waals surface area contributed by atoms with E-state index in [1.165, 1.54) is 10.8 Å². The molecule has 17 heavy (non-hydrogen) atoms. The lowest BCUT2D eigenvalue weighted by Crippen LogP contribution is -2.08. The van der Waals surface area contributed by atoms with E-state index in [-0.39, 0.29) is 11.4 Å². The molecule has 0 amide bonds. The van der Waals surface area contributed by atoms with Gasteiger partial charge in [-0.15, -0.1) is 0 Å². The SMILES string of the molecule is CCSCCCn1cc([N+](=O)[O-])cc1C(=O)O. The van der Waals surface area contributed by atoms with Crippen molar-refractivity contribution in [2.24, 2.45) is 0 Å². The first-order valence-electron chi connectivity index (χ1n) is 5.22. The van der Waals surface area contributed by atoms with Gasteiger partial charge in [-0.2, -0.15) is 11.8 Å². The summed E-state index contributed by atoms with van der Waals surface area (Å²) in [7, 11) is 0. The Labute approximate surface area is 103 Å². The number of aromatic nitrogens is 1. The van der Waals surface area contributed by atoms with E-state index in [1.807, 2.05) is 6.92 Å². The average molecular weight is 258 g/mol. The third-order valence-corrected chi connectivity index (χ3v) is 3.19. The van der Waals surface area contributed by atoms with Crippen LogP contribution in [0.25, 0.3) is 0 Å². The third kappa shape index (κ3) is 3.77. The van der Waals surface area contributed by atoms with Crippen molar-refractivity contribution in [1.29, 1.82) is 0 Å². The van der Waals surface area contributed by atoms with Gasteiger partial charge in [0.25, 0.3) is 5.69 Å². The van der Waals surface area contributed by atoms with Crippen LogP contribution in [0.1, 0.15) is 23.8 Å². The molecule has 1 N–H and O–H groups in total. The van der Waals surface area contributed by atoms with Crippen LogP contribution in [0, 0.1) is 10.1 Å². The van der Waals surface area contributed by atoms with Gasteiger partial charge in [0.05, 0.1) is 11.1 Å². The number of hydrogen-bond acceptors (Lipinski definition) is 4. The molecule has 0 spiro atoms. The highest BCUT2D eigenvalue weighted by molar-refractivity contribution is 7.99. The molecule has 1 aromatic rings. The zero-order valence-electron chi connectivity index (χ0n) is 9.46. The molecule has 0 aromatic carbocycles. The molecule has 0 aliphatic rings.